The van der Waals surface area contributed by atoms with Crippen LogP contribution < -0.4 is 10.6 Å². The van der Waals surface area contributed by atoms with Crippen LogP contribution in [-0.2, 0) is 11.8 Å². The lowest BCUT2D eigenvalue weighted by Crippen LogP contribution is -2.59. The van der Waals surface area contributed by atoms with Gasteiger partial charge >= 0.3 is 0 Å². The second kappa shape index (κ2) is 5.70. The van der Waals surface area contributed by atoms with Gasteiger partial charge in [-0.2, -0.15) is 0 Å². The Balaban J connectivity index is 1.77. The van der Waals surface area contributed by atoms with Crippen molar-refractivity contribution in [3.05, 3.63) is 23.3 Å². The summed E-state index contributed by atoms with van der Waals surface area (Å²) in [5.74, 6) is 1.21. The Morgan fingerprint density at radius 2 is 2.22 bits per heavy atom. The predicted molar refractivity (Wildman–Crippen MR) is 95.2 cm³/mol. The van der Waals surface area contributed by atoms with Gasteiger partial charge in [0.1, 0.15) is 5.75 Å². The second-order valence-electron chi connectivity index (χ2n) is 8.00. The Labute approximate surface area is 139 Å². The first kappa shape index (κ1) is 15.3. The largest absolute Gasteiger partial charge is 0.506 e. The molecule has 3 heteroatoms. The molecule has 3 N–H and O–H groups in total. The molecule has 0 aromatic heterocycles. The number of fused-ring (bicyclic) bond motifs is 1. The molecular formula is C20H30N2O. The van der Waals surface area contributed by atoms with E-state index in [1.807, 2.05) is 0 Å². The Morgan fingerprint density at radius 1 is 1.35 bits per heavy atom. The third-order valence-electron chi connectivity index (χ3n) is 6.77. The van der Waals surface area contributed by atoms with Crippen LogP contribution in [-0.4, -0.2) is 23.7 Å². The molecule has 2 bridgehead atoms. The molecule has 23 heavy (non-hydrogen) atoms. The first-order valence-electron chi connectivity index (χ1n) is 9.50. The standard InChI is InChI=1S/C20H30N2O/c1-3-13(2)22-18-11-14-10-17-15-6-4-5-7-20(15,8-9-21-17)16(14)12-19(18)23/h11-13,15,17,21-23H,3-10H2,1-2H3/t13?,15-,17+,20+/m0/s1. The van der Waals surface area contributed by atoms with Crippen molar-refractivity contribution in [3.63, 3.8) is 0 Å². The first-order valence-corrected chi connectivity index (χ1v) is 9.50. The number of anilines is 1. The molecule has 2 aliphatic carbocycles. The van der Waals surface area contributed by atoms with Gasteiger partial charge in [-0.15, -0.1) is 0 Å². The highest BCUT2D eigenvalue weighted by molar-refractivity contribution is 5.62. The van der Waals surface area contributed by atoms with E-state index in [-0.39, 0.29) is 0 Å². The van der Waals surface area contributed by atoms with Gasteiger partial charge in [0.25, 0.3) is 0 Å². The van der Waals surface area contributed by atoms with E-state index >= 15 is 0 Å². The third kappa shape index (κ3) is 2.36. The molecule has 0 radical (unpaired) electrons. The maximum atomic E-state index is 10.6. The first-order chi connectivity index (χ1) is 11.1. The van der Waals surface area contributed by atoms with Crippen LogP contribution in [0.2, 0.25) is 0 Å². The van der Waals surface area contributed by atoms with E-state index in [0.29, 0.717) is 23.2 Å². The van der Waals surface area contributed by atoms with Crippen molar-refractivity contribution in [2.24, 2.45) is 5.92 Å². The molecule has 1 aromatic carbocycles. The topological polar surface area (TPSA) is 44.3 Å². The molecule has 1 aliphatic heterocycles. The molecule has 126 valence electrons. The summed E-state index contributed by atoms with van der Waals surface area (Å²) in [5.41, 5.74) is 4.17. The SMILES string of the molecule is CCC(C)Nc1cc2c(cc1O)[C@@]13CCCC[C@H]1[C@@H](C2)NCC3. The van der Waals surface area contributed by atoms with Crippen LogP contribution in [0, 0.1) is 5.92 Å². The van der Waals surface area contributed by atoms with Gasteiger partial charge in [-0.1, -0.05) is 19.8 Å². The summed E-state index contributed by atoms with van der Waals surface area (Å²) in [5, 5.41) is 17.9. The van der Waals surface area contributed by atoms with Crippen LogP contribution in [0.15, 0.2) is 12.1 Å². The smallest absolute Gasteiger partial charge is 0.138 e. The molecule has 0 spiro atoms. The Bertz CT molecular complexity index is 596. The van der Waals surface area contributed by atoms with Crippen LogP contribution in [0.4, 0.5) is 5.69 Å². The Kier molecular flexibility index (Phi) is 3.79. The van der Waals surface area contributed by atoms with Gasteiger partial charge in [0.05, 0.1) is 5.69 Å². The molecule has 1 unspecified atom stereocenters. The number of aromatic hydroxyl groups is 1. The minimum Gasteiger partial charge on any atom is -0.506 e. The van der Waals surface area contributed by atoms with Gasteiger partial charge in [-0.05, 0) is 74.8 Å². The van der Waals surface area contributed by atoms with E-state index in [2.05, 4.69) is 36.6 Å². The van der Waals surface area contributed by atoms with Gasteiger partial charge in [0, 0.05) is 17.5 Å². The summed E-state index contributed by atoms with van der Waals surface area (Å²) < 4.78 is 0. The lowest BCUT2D eigenvalue weighted by atomic mass is 9.53. The molecule has 3 nitrogen and oxygen atoms in total. The summed E-state index contributed by atoms with van der Waals surface area (Å²) in [7, 11) is 0. The molecule has 4 atom stereocenters. The maximum absolute atomic E-state index is 10.6. The predicted octanol–water partition coefficient (Wildman–Crippen LogP) is 3.95. The van der Waals surface area contributed by atoms with Crippen molar-refractivity contribution in [2.75, 3.05) is 11.9 Å². The number of piperidine rings is 1. The lowest BCUT2D eigenvalue weighted by Gasteiger charge is -2.56. The third-order valence-corrected chi connectivity index (χ3v) is 6.77. The van der Waals surface area contributed by atoms with Crippen LogP contribution in [0.1, 0.15) is 63.5 Å². The fourth-order valence-electron chi connectivity index (χ4n) is 5.45. The average Bonchev–Trinajstić information content (AvgIpc) is 2.56. The number of benzene rings is 1. The maximum Gasteiger partial charge on any atom is 0.138 e. The van der Waals surface area contributed by atoms with Crippen LogP contribution >= 0.6 is 0 Å². The van der Waals surface area contributed by atoms with E-state index in [1.54, 1.807) is 0 Å². The highest BCUT2D eigenvalue weighted by atomic mass is 16.3. The summed E-state index contributed by atoms with van der Waals surface area (Å²) in [4.78, 5) is 0. The normalized spacial score (nSPS) is 33.5. The van der Waals surface area contributed by atoms with Crippen molar-refractivity contribution in [2.45, 2.75) is 76.3 Å². The summed E-state index contributed by atoms with van der Waals surface area (Å²) >= 11 is 0. The molecular weight excluding hydrogens is 284 g/mol. The molecule has 0 amide bonds. The van der Waals surface area contributed by atoms with E-state index < -0.39 is 0 Å². The van der Waals surface area contributed by atoms with Crippen molar-refractivity contribution < 1.29 is 5.11 Å². The average molecular weight is 314 g/mol. The highest BCUT2D eigenvalue weighted by Gasteiger charge is 2.51. The van der Waals surface area contributed by atoms with Crippen LogP contribution in [0.3, 0.4) is 0 Å². The minimum atomic E-state index is 0.328. The van der Waals surface area contributed by atoms with Crippen molar-refractivity contribution in [1.29, 1.82) is 0 Å². The Morgan fingerprint density at radius 3 is 3.04 bits per heavy atom. The van der Waals surface area contributed by atoms with Gasteiger partial charge < -0.3 is 15.7 Å². The number of rotatable bonds is 3. The van der Waals surface area contributed by atoms with Crippen LogP contribution in [0.5, 0.6) is 5.75 Å². The fraction of sp³-hybridized carbons (Fsp3) is 0.700. The number of nitrogens with one attached hydrogen (secondary N) is 2. The van der Waals surface area contributed by atoms with E-state index in [4.69, 9.17) is 0 Å². The monoisotopic (exact) mass is 314 g/mol. The quantitative estimate of drug-likeness (QED) is 0.740. The molecule has 1 heterocycles. The van der Waals surface area contributed by atoms with Gasteiger partial charge in [0.2, 0.25) is 0 Å². The van der Waals surface area contributed by atoms with E-state index in [0.717, 1.165) is 31.0 Å². The zero-order valence-electron chi connectivity index (χ0n) is 14.5. The van der Waals surface area contributed by atoms with Crippen molar-refractivity contribution in [1.82, 2.24) is 5.32 Å². The van der Waals surface area contributed by atoms with E-state index in [1.165, 1.54) is 43.2 Å². The number of phenols is 1. The summed E-state index contributed by atoms with van der Waals surface area (Å²) in [6.07, 6.45) is 8.80. The number of hydrogen-bond acceptors (Lipinski definition) is 3. The van der Waals surface area contributed by atoms with Gasteiger partial charge in [-0.3, -0.25) is 0 Å². The molecule has 2 fully saturated rings. The summed E-state index contributed by atoms with van der Waals surface area (Å²) in [6.45, 7) is 5.48. The molecule has 1 saturated carbocycles. The Hall–Kier alpha value is -1.22. The summed E-state index contributed by atoms with van der Waals surface area (Å²) in [6, 6.07) is 5.38. The molecule has 3 aliphatic rings. The second-order valence-corrected chi connectivity index (χ2v) is 8.00. The van der Waals surface area contributed by atoms with Crippen molar-refractivity contribution in [3.8, 4) is 5.75 Å². The van der Waals surface area contributed by atoms with E-state index in [9.17, 15) is 5.11 Å². The van der Waals surface area contributed by atoms with Gasteiger partial charge in [0.15, 0.2) is 0 Å². The minimum absolute atomic E-state index is 0.328. The number of phenolic OH excluding ortho intramolecular Hbond substituents is 1. The highest BCUT2D eigenvalue weighted by Crippen LogP contribution is 2.55. The van der Waals surface area contributed by atoms with Crippen molar-refractivity contribution >= 4 is 5.69 Å². The van der Waals surface area contributed by atoms with Gasteiger partial charge in [-0.25, -0.2) is 0 Å². The lowest BCUT2D eigenvalue weighted by molar-refractivity contribution is 0.0796. The molecule has 4 rings (SSSR count). The molecule has 1 saturated heterocycles. The molecule has 1 aromatic rings. The number of hydrogen-bond donors (Lipinski definition) is 3. The zero-order chi connectivity index (χ0) is 16.0. The fourth-order valence-corrected chi connectivity index (χ4v) is 5.45. The zero-order valence-corrected chi connectivity index (χ0v) is 14.5. The van der Waals surface area contributed by atoms with Crippen LogP contribution in [0.25, 0.3) is 0 Å².